The first kappa shape index (κ1) is 13.9. The van der Waals surface area contributed by atoms with Crippen molar-refractivity contribution in [1.82, 2.24) is 5.32 Å². The van der Waals surface area contributed by atoms with Gasteiger partial charge in [0.15, 0.2) is 0 Å². The molecule has 0 saturated carbocycles. The van der Waals surface area contributed by atoms with E-state index in [2.05, 4.69) is 16.7 Å². The molecule has 0 aliphatic carbocycles. The van der Waals surface area contributed by atoms with Crippen molar-refractivity contribution >= 4 is 23.2 Å². The zero-order valence-corrected chi connectivity index (χ0v) is 12.3. The number of carbonyl (C=O) groups excluding carboxylic acids is 1. The van der Waals surface area contributed by atoms with Crippen LogP contribution in [0.4, 0.5) is 5.69 Å². The van der Waals surface area contributed by atoms with Crippen LogP contribution in [0.25, 0.3) is 0 Å². The Hall–Kier alpha value is -1.10. The summed E-state index contributed by atoms with van der Waals surface area (Å²) in [6, 6.07) is 4.10. The van der Waals surface area contributed by atoms with Gasteiger partial charge in [-0.15, -0.1) is 0 Å². The summed E-state index contributed by atoms with van der Waals surface area (Å²) in [7, 11) is 1.95. The van der Waals surface area contributed by atoms with Crippen molar-refractivity contribution < 1.29 is 9.53 Å². The fourth-order valence-corrected chi connectivity index (χ4v) is 3.46. The summed E-state index contributed by atoms with van der Waals surface area (Å²) in [6.07, 6.45) is 2.67. The Morgan fingerprint density at radius 3 is 3.05 bits per heavy atom. The van der Waals surface area contributed by atoms with E-state index in [0.29, 0.717) is 17.4 Å². The van der Waals surface area contributed by atoms with E-state index in [1.165, 1.54) is 0 Å². The van der Waals surface area contributed by atoms with Crippen molar-refractivity contribution in [2.24, 2.45) is 5.92 Å². The highest BCUT2D eigenvalue weighted by molar-refractivity contribution is 6.32. The maximum Gasteiger partial charge on any atom is 0.228 e. The van der Waals surface area contributed by atoms with Crippen LogP contribution in [0.1, 0.15) is 30.0 Å². The fraction of sp³-hybridized carbons (Fsp3) is 0.533. The Labute approximate surface area is 123 Å². The lowest BCUT2D eigenvalue weighted by Gasteiger charge is -2.31. The predicted molar refractivity (Wildman–Crippen MR) is 79.1 cm³/mol. The molecule has 3 rings (SSSR count). The van der Waals surface area contributed by atoms with E-state index in [4.69, 9.17) is 16.3 Å². The number of hydrogen-bond acceptors (Lipinski definition) is 3. The molecule has 2 unspecified atom stereocenters. The Morgan fingerprint density at radius 1 is 1.50 bits per heavy atom. The molecule has 0 bridgehead atoms. The van der Waals surface area contributed by atoms with Crippen molar-refractivity contribution in [2.75, 3.05) is 25.6 Å². The lowest BCUT2D eigenvalue weighted by Crippen LogP contribution is -2.31. The molecule has 2 N–H and O–H groups in total. The van der Waals surface area contributed by atoms with E-state index in [0.717, 1.165) is 42.9 Å². The maximum atomic E-state index is 11.5. The normalized spacial score (nSPS) is 23.3. The van der Waals surface area contributed by atoms with Gasteiger partial charge < -0.3 is 15.4 Å². The summed E-state index contributed by atoms with van der Waals surface area (Å²) < 4.78 is 5.59. The fourth-order valence-electron chi connectivity index (χ4n) is 3.18. The van der Waals surface area contributed by atoms with Crippen molar-refractivity contribution in [3.05, 3.63) is 28.3 Å². The molecular formula is C15H19ClN2O2. The van der Waals surface area contributed by atoms with Crippen LogP contribution in [-0.4, -0.2) is 26.2 Å². The largest absolute Gasteiger partial charge is 0.381 e. The van der Waals surface area contributed by atoms with Gasteiger partial charge in [0.05, 0.1) is 13.0 Å². The number of hydrogen-bond donors (Lipinski definition) is 2. The van der Waals surface area contributed by atoms with Crippen LogP contribution in [-0.2, 0) is 16.0 Å². The molecule has 2 aliphatic heterocycles. The second-order valence-electron chi connectivity index (χ2n) is 5.50. The molecule has 1 saturated heterocycles. The van der Waals surface area contributed by atoms with Crippen molar-refractivity contribution in [3.8, 4) is 0 Å². The van der Waals surface area contributed by atoms with Crippen molar-refractivity contribution in [2.45, 2.75) is 25.3 Å². The van der Waals surface area contributed by atoms with Gasteiger partial charge in [-0.3, -0.25) is 4.79 Å². The quantitative estimate of drug-likeness (QED) is 0.901. The van der Waals surface area contributed by atoms with Crippen LogP contribution in [0.2, 0.25) is 5.02 Å². The van der Waals surface area contributed by atoms with E-state index in [9.17, 15) is 4.79 Å². The van der Waals surface area contributed by atoms with Gasteiger partial charge in [0.1, 0.15) is 0 Å². The summed E-state index contributed by atoms with van der Waals surface area (Å²) in [6.45, 7) is 1.61. The van der Waals surface area contributed by atoms with E-state index < -0.39 is 0 Å². The number of nitrogens with one attached hydrogen (secondary N) is 2. The molecule has 1 fully saturated rings. The topological polar surface area (TPSA) is 50.4 Å². The molecular weight excluding hydrogens is 276 g/mol. The Kier molecular flexibility index (Phi) is 3.96. The SMILES string of the molecule is CNC(c1cc2c(cc1Cl)NC(=O)C2)C1CCCOC1. The van der Waals surface area contributed by atoms with Crippen LogP contribution in [0.5, 0.6) is 0 Å². The minimum atomic E-state index is 0.0372. The van der Waals surface area contributed by atoms with Crippen LogP contribution in [0.3, 0.4) is 0 Å². The van der Waals surface area contributed by atoms with Crippen molar-refractivity contribution in [1.29, 1.82) is 0 Å². The minimum absolute atomic E-state index is 0.0372. The zero-order valence-electron chi connectivity index (χ0n) is 11.5. The van der Waals surface area contributed by atoms with Crippen LogP contribution < -0.4 is 10.6 Å². The second-order valence-corrected chi connectivity index (χ2v) is 5.91. The first-order valence-corrected chi connectivity index (χ1v) is 7.44. The van der Waals surface area contributed by atoms with Gasteiger partial charge in [0.25, 0.3) is 0 Å². The number of rotatable bonds is 3. The summed E-state index contributed by atoms with van der Waals surface area (Å²) in [5.41, 5.74) is 2.95. The predicted octanol–water partition coefficient (Wildman–Crippen LogP) is 2.52. The number of ether oxygens (including phenoxy) is 1. The van der Waals surface area contributed by atoms with Gasteiger partial charge in [0, 0.05) is 29.3 Å². The van der Waals surface area contributed by atoms with Crippen LogP contribution >= 0.6 is 11.6 Å². The average Bonchev–Trinajstić information content (AvgIpc) is 2.80. The van der Waals surface area contributed by atoms with Gasteiger partial charge in [-0.25, -0.2) is 0 Å². The molecule has 5 heteroatoms. The van der Waals surface area contributed by atoms with Crippen LogP contribution in [0, 0.1) is 5.92 Å². The van der Waals surface area contributed by atoms with Gasteiger partial charge in [-0.2, -0.15) is 0 Å². The minimum Gasteiger partial charge on any atom is -0.381 e. The molecule has 2 atom stereocenters. The number of carbonyl (C=O) groups is 1. The average molecular weight is 295 g/mol. The number of benzene rings is 1. The summed E-state index contributed by atoms with van der Waals surface area (Å²) in [5, 5.41) is 6.90. The first-order valence-electron chi connectivity index (χ1n) is 7.06. The molecule has 20 heavy (non-hydrogen) atoms. The number of fused-ring (bicyclic) bond motifs is 1. The summed E-state index contributed by atoms with van der Waals surface area (Å²) >= 11 is 6.42. The highest BCUT2D eigenvalue weighted by Gasteiger charge is 2.28. The lowest BCUT2D eigenvalue weighted by molar-refractivity contribution is -0.115. The molecule has 1 amide bonds. The number of anilines is 1. The monoisotopic (exact) mass is 294 g/mol. The third-order valence-electron chi connectivity index (χ3n) is 4.16. The van der Waals surface area contributed by atoms with Crippen molar-refractivity contribution in [3.63, 3.8) is 0 Å². The smallest absolute Gasteiger partial charge is 0.228 e. The Bertz CT molecular complexity index is 527. The zero-order chi connectivity index (χ0) is 14.1. The Balaban J connectivity index is 1.91. The van der Waals surface area contributed by atoms with E-state index >= 15 is 0 Å². The molecule has 108 valence electrons. The summed E-state index contributed by atoms with van der Waals surface area (Å²) in [5.74, 6) is 0.463. The molecule has 0 radical (unpaired) electrons. The third-order valence-corrected chi connectivity index (χ3v) is 4.49. The molecule has 1 aromatic carbocycles. The van der Waals surface area contributed by atoms with Gasteiger partial charge in [-0.05, 0) is 37.1 Å². The number of halogens is 1. The number of amides is 1. The molecule has 0 aromatic heterocycles. The third kappa shape index (κ3) is 2.55. The highest BCUT2D eigenvalue weighted by Crippen LogP contribution is 2.37. The van der Waals surface area contributed by atoms with Crippen LogP contribution in [0.15, 0.2) is 12.1 Å². The molecule has 1 aromatic rings. The maximum absolute atomic E-state index is 11.5. The highest BCUT2D eigenvalue weighted by atomic mass is 35.5. The molecule has 4 nitrogen and oxygen atoms in total. The Morgan fingerprint density at radius 2 is 2.35 bits per heavy atom. The van der Waals surface area contributed by atoms with E-state index in [1.54, 1.807) is 0 Å². The first-order chi connectivity index (χ1) is 9.69. The molecule has 0 spiro atoms. The van der Waals surface area contributed by atoms with Gasteiger partial charge in [-0.1, -0.05) is 17.7 Å². The standard InChI is InChI=1S/C15H19ClN2O2/c1-17-15(9-3-2-4-20-8-9)11-5-10-6-14(19)18-13(10)7-12(11)16/h5,7,9,15,17H,2-4,6,8H2,1H3,(H,18,19). The molecule has 2 heterocycles. The van der Waals surface area contributed by atoms with E-state index in [1.807, 2.05) is 13.1 Å². The molecule has 2 aliphatic rings. The van der Waals surface area contributed by atoms with E-state index in [-0.39, 0.29) is 11.9 Å². The summed E-state index contributed by atoms with van der Waals surface area (Å²) in [4.78, 5) is 11.5. The lowest BCUT2D eigenvalue weighted by atomic mass is 9.88. The van der Waals surface area contributed by atoms with Gasteiger partial charge >= 0.3 is 0 Å². The van der Waals surface area contributed by atoms with Gasteiger partial charge in [0.2, 0.25) is 5.91 Å². The second kappa shape index (κ2) is 5.72.